The number of para-hydroxylation sites is 2. The average molecular weight is 505 g/mol. The zero-order chi connectivity index (χ0) is 16.1. The first-order valence-corrected chi connectivity index (χ1v) is 7.65. The van der Waals surface area contributed by atoms with Gasteiger partial charge in [-0.15, -0.1) is 24.3 Å². The quantitative estimate of drug-likeness (QED) is 0.312. The summed E-state index contributed by atoms with van der Waals surface area (Å²) >= 11 is 0. The molecule has 0 N–H and O–H groups in total. The summed E-state index contributed by atoms with van der Waals surface area (Å²) in [6.07, 6.45) is 0. The van der Waals surface area contributed by atoms with Gasteiger partial charge in [-0.2, -0.15) is 0 Å². The van der Waals surface area contributed by atoms with E-state index < -0.39 is 0 Å². The van der Waals surface area contributed by atoms with Gasteiger partial charge >= 0.3 is 0 Å². The fourth-order valence-corrected chi connectivity index (χ4v) is 3.10. The molecule has 5 aromatic rings. The Balaban J connectivity index is 0.00000157. The normalized spacial score (nSPS) is 11.1. The largest absolute Gasteiger partial charge is 0.318 e. The van der Waals surface area contributed by atoms with Crippen molar-refractivity contribution >= 4 is 27.6 Å². The van der Waals surface area contributed by atoms with Crippen molar-refractivity contribution in [2.45, 2.75) is 0 Å². The number of aromatic nitrogens is 3. The summed E-state index contributed by atoms with van der Waals surface area (Å²) < 4.78 is 16.3. The first-order chi connectivity index (χ1) is 11.8. The number of rotatable bonds is 1. The molecule has 2 aromatic heterocycles. The Morgan fingerprint density at radius 3 is 2.48 bits per heavy atom. The molecule has 2 heterocycles. The van der Waals surface area contributed by atoms with Gasteiger partial charge in [0.1, 0.15) is 11.6 Å². The van der Waals surface area contributed by atoms with Gasteiger partial charge in [0.25, 0.3) is 0 Å². The van der Waals surface area contributed by atoms with E-state index in [-0.39, 0.29) is 25.9 Å². The molecular weight excluding hydrogens is 493 g/mol. The predicted octanol–water partition coefficient (Wildman–Crippen LogP) is 4.64. The van der Waals surface area contributed by atoms with Crippen molar-refractivity contribution in [2.75, 3.05) is 0 Å². The van der Waals surface area contributed by atoms with Gasteiger partial charge < -0.3 is 4.40 Å². The van der Waals surface area contributed by atoms with Crippen molar-refractivity contribution in [3.8, 4) is 11.4 Å². The van der Waals surface area contributed by atoms with E-state index in [1.54, 1.807) is 12.1 Å². The molecule has 0 aliphatic rings. The summed E-state index contributed by atoms with van der Waals surface area (Å²) in [5.41, 5.74) is 3.69. The molecular formula is C20H11FIrN3-. The average Bonchev–Trinajstić information content (AvgIpc) is 3.01. The van der Waals surface area contributed by atoms with E-state index in [4.69, 9.17) is 9.97 Å². The van der Waals surface area contributed by atoms with Crippen molar-refractivity contribution < 1.29 is 24.5 Å². The van der Waals surface area contributed by atoms with E-state index in [2.05, 4.69) is 6.07 Å². The molecule has 3 nitrogen and oxygen atoms in total. The molecule has 0 amide bonds. The number of hydrogen-bond acceptors (Lipinski definition) is 2. The second-order valence-electron chi connectivity index (χ2n) is 5.61. The van der Waals surface area contributed by atoms with E-state index in [1.807, 2.05) is 52.9 Å². The molecule has 3 aromatic carbocycles. The molecule has 0 saturated carbocycles. The van der Waals surface area contributed by atoms with Crippen LogP contribution < -0.4 is 0 Å². The van der Waals surface area contributed by atoms with Gasteiger partial charge in [0.05, 0.1) is 22.2 Å². The second kappa shape index (κ2) is 6.03. The maximum atomic E-state index is 14.4. The molecule has 123 valence electrons. The molecule has 0 aliphatic heterocycles. The van der Waals surface area contributed by atoms with Gasteiger partial charge in [0, 0.05) is 20.1 Å². The van der Waals surface area contributed by atoms with Crippen LogP contribution in [0.3, 0.4) is 0 Å². The number of imidazole rings is 1. The predicted molar refractivity (Wildman–Crippen MR) is 92.2 cm³/mol. The van der Waals surface area contributed by atoms with E-state index in [1.165, 1.54) is 6.07 Å². The molecule has 0 atom stereocenters. The molecule has 5 rings (SSSR count). The number of benzene rings is 3. The van der Waals surface area contributed by atoms with Crippen LogP contribution in [0.25, 0.3) is 39.0 Å². The zero-order valence-electron chi connectivity index (χ0n) is 12.9. The smallest absolute Gasteiger partial charge is 0.134 e. The summed E-state index contributed by atoms with van der Waals surface area (Å²) in [4.78, 5) is 9.44. The van der Waals surface area contributed by atoms with Crippen LogP contribution in [0, 0.1) is 11.9 Å². The third kappa shape index (κ3) is 2.36. The minimum Gasteiger partial charge on any atom is -0.318 e. The van der Waals surface area contributed by atoms with E-state index in [0.29, 0.717) is 11.4 Å². The number of nitrogens with zero attached hydrogens (tertiary/aromatic N) is 3. The van der Waals surface area contributed by atoms with Gasteiger partial charge in [0.15, 0.2) is 0 Å². The Hall–Kier alpha value is -2.62. The van der Waals surface area contributed by atoms with Crippen LogP contribution in [-0.2, 0) is 20.1 Å². The summed E-state index contributed by atoms with van der Waals surface area (Å²) in [5, 5.41) is 0.828. The number of halogens is 1. The standard InChI is InChI=1S/C20H11FN3.Ir/c21-15-9-3-1-7-13(15)19-22-16-10-4-2-8-14(16)20-23-17-11-5-6-12-18(17)24(19)20;/h1-7,9-12H;/q-1;. The van der Waals surface area contributed by atoms with Crippen molar-refractivity contribution in [2.24, 2.45) is 0 Å². The summed E-state index contributed by atoms with van der Waals surface area (Å²) in [5.74, 6) is 0.243. The first kappa shape index (κ1) is 15.9. The van der Waals surface area contributed by atoms with Crippen molar-refractivity contribution in [3.63, 3.8) is 0 Å². The monoisotopic (exact) mass is 505 g/mol. The molecule has 0 unspecified atom stereocenters. The summed E-state index contributed by atoms with van der Waals surface area (Å²) in [7, 11) is 0. The van der Waals surface area contributed by atoms with Crippen molar-refractivity contribution in [1.29, 1.82) is 0 Å². The van der Waals surface area contributed by atoms with Gasteiger partial charge in [-0.1, -0.05) is 29.7 Å². The Kier molecular flexibility index (Phi) is 3.83. The second-order valence-corrected chi connectivity index (χ2v) is 5.61. The SMILES string of the molecule is Fc1ccccc1-c1nc2ccc[c-]c2c2nc3ccccc3n12.[Ir]. The van der Waals surface area contributed by atoms with Crippen LogP contribution in [0.4, 0.5) is 4.39 Å². The van der Waals surface area contributed by atoms with E-state index >= 15 is 0 Å². The van der Waals surface area contributed by atoms with Gasteiger partial charge in [-0.05, 0) is 29.8 Å². The fourth-order valence-electron chi connectivity index (χ4n) is 3.10. The van der Waals surface area contributed by atoms with Gasteiger partial charge in [-0.25, -0.2) is 4.39 Å². The first-order valence-electron chi connectivity index (χ1n) is 7.65. The maximum absolute atomic E-state index is 14.4. The molecule has 0 saturated heterocycles. The van der Waals surface area contributed by atoms with E-state index in [0.717, 1.165) is 27.6 Å². The Morgan fingerprint density at radius 1 is 0.840 bits per heavy atom. The van der Waals surface area contributed by atoms with Crippen molar-refractivity contribution in [1.82, 2.24) is 14.4 Å². The number of fused-ring (bicyclic) bond motifs is 5. The minimum absolute atomic E-state index is 0. The van der Waals surface area contributed by atoms with Crippen LogP contribution in [0.2, 0.25) is 0 Å². The molecule has 25 heavy (non-hydrogen) atoms. The molecule has 0 bridgehead atoms. The van der Waals surface area contributed by atoms with Crippen LogP contribution in [-0.4, -0.2) is 14.4 Å². The Bertz CT molecular complexity index is 1230. The summed E-state index contributed by atoms with van der Waals surface area (Å²) in [6.45, 7) is 0. The van der Waals surface area contributed by atoms with Crippen LogP contribution >= 0.6 is 0 Å². The Labute approximate surface area is 156 Å². The topological polar surface area (TPSA) is 30.2 Å². The third-order valence-electron chi connectivity index (χ3n) is 4.17. The van der Waals surface area contributed by atoms with Gasteiger partial charge in [-0.3, -0.25) is 9.97 Å². The van der Waals surface area contributed by atoms with Crippen LogP contribution in [0.5, 0.6) is 0 Å². The Morgan fingerprint density at radius 2 is 1.60 bits per heavy atom. The van der Waals surface area contributed by atoms with Gasteiger partial charge in [0.2, 0.25) is 0 Å². The molecule has 1 radical (unpaired) electrons. The minimum atomic E-state index is -0.302. The molecule has 0 aliphatic carbocycles. The zero-order valence-corrected chi connectivity index (χ0v) is 15.3. The molecule has 5 heteroatoms. The van der Waals surface area contributed by atoms with E-state index in [9.17, 15) is 4.39 Å². The third-order valence-corrected chi connectivity index (χ3v) is 4.17. The van der Waals surface area contributed by atoms with Crippen molar-refractivity contribution in [3.05, 3.63) is 78.6 Å². The van der Waals surface area contributed by atoms with Crippen LogP contribution in [0.1, 0.15) is 0 Å². The molecule has 0 fully saturated rings. The summed E-state index contributed by atoms with van der Waals surface area (Å²) in [6, 6.07) is 23.3. The molecule has 0 spiro atoms. The number of hydrogen-bond donors (Lipinski definition) is 0. The maximum Gasteiger partial charge on any atom is 0.134 e. The van der Waals surface area contributed by atoms with Crippen LogP contribution in [0.15, 0.2) is 66.7 Å². The fraction of sp³-hybridized carbons (Fsp3) is 0.